The quantitative estimate of drug-likeness (QED) is 0.896. The molecule has 102 valence electrons. The van der Waals surface area contributed by atoms with Crippen LogP contribution in [0.15, 0.2) is 48.5 Å². The van der Waals surface area contributed by atoms with Crippen molar-refractivity contribution in [1.82, 2.24) is 0 Å². The Morgan fingerprint density at radius 2 is 1.75 bits per heavy atom. The zero-order valence-corrected chi connectivity index (χ0v) is 10.8. The van der Waals surface area contributed by atoms with Crippen molar-refractivity contribution < 1.29 is 19.4 Å². The number of hydrogen-bond acceptors (Lipinski definition) is 3. The topological polar surface area (TPSA) is 75.6 Å². The second kappa shape index (κ2) is 5.88. The van der Waals surface area contributed by atoms with Crippen molar-refractivity contribution in [2.75, 3.05) is 12.4 Å². The smallest absolute Gasteiger partial charge is 0.335 e. The first-order chi connectivity index (χ1) is 9.60. The van der Waals surface area contributed by atoms with Crippen LogP contribution < -0.4 is 10.1 Å². The second-order valence-corrected chi connectivity index (χ2v) is 4.07. The number of hydrogen-bond donors (Lipinski definition) is 2. The lowest BCUT2D eigenvalue weighted by atomic mass is 10.1. The highest BCUT2D eigenvalue weighted by molar-refractivity contribution is 6.04. The van der Waals surface area contributed by atoms with Crippen molar-refractivity contribution in [1.29, 1.82) is 0 Å². The Bertz CT molecular complexity index is 635. The molecular weight excluding hydrogens is 258 g/mol. The van der Waals surface area contributed by atoms with E-state index in [1.54, 1.807) is 43.5 Å². The van der Waals surface area contributed by atoms with E-state index in [1.807, 2.05) is 0 Å². The number of anilines is 1. The fraction of sp³-hybridized carbons (Fsp3) is 0.0667. The average molecular weight is 271 g/mol. The van der Waals surface area contributed by atoms with Crippen molar-refractivity contribution in [2.24, 2.45) is 0 Å². The van der Waals surface area contributed by atoms with E-state index in [1.165, 1.54) is 12.1 Å². The normalized spacial score (nSPS) is 9.85. The Labute approximate surface area is 115 Å². The number of benzene rings is 2. The van der Waals surface area contributed by atoms with E-state index in [0.717, 1.165) is 0 Å². The Kier molecular flexibility index (Phi) is 4.00. The molecule has 0 unspecified atom stereocenters. The van der Waals surface area contributed by atoms with E-state index in [9.17, 15) is 9.59 Å². The molecule has 0 bridgehead atoms. The van der Waals surface area contributed by atoms with Gasteiger partial charge < -0.3 is 15.2 Å². The standard InChI is InChI=1S/C15H13NO4/c1-20-13-7-5-10(6-8-13)14(17)16-12-4-2-3-11(9-12)15(18)19/h2-9H,1H3,(H,16,17)(H,18,19). The average Bonchev–Trinajstić information content (AvgIpc) is 2.47. The van der Waals surface area contributed by atoms with Crippen LogP contribution in [0.2, 0.25) is 0 Å². The lowest BCUT2D eigenvalue weighted by Gasteiger charge is -2.06. The first-order valence-corrected chi connectivity index (χ1v) is 5.89. The molecule has 5 heteroatoms. The lowest BCUT2D eigenvalue weighted by molar-refractivity contribution is 0.0696. The van der Waals surface area contributed by atoms with Gasteiger partial charge in [0.15, 0.2) is 0 Å². The minimum Gasteiger partial charge on any atom is -0.497 e. The van der Waals surface area contributed by atoms with Crippen LogP contribution in [0.25, 0.3) is 0 Å². The summed E-state index contributed by atoms with van der Waals surface area (Å²) >= 11 is 0. The van der Waals surface area contributed by atoms with E-state index < -0.39 is 5.97 Å². The minimum absolute atomic E-state index is 0.123. The molecule has 0 atom stereocenters. The number of methoxy groups -OCH3 is 1. The van der Waals surface area contributed by atoms with Crippen molar-refractivity contribution in [3.8, 4) is 5.75 Å². The van der Waals surface area contributed by atoms with Gasteiger partial charge in [-0.25, -0.2) is 4.79 Å². The summed E-state index contributed by atoms with van der Waals surface area (Å²) in [6.07, 6.45) is 0. The third-order valence-electron chi connectivity index (χ3n) is 2.72. The second-order valence-electron chi connectivity index (χ2n) is 4.07. The maximum Gasteiger partial charge on any atom is 0.335 e. The molecule has 2 aromatic rings. The van der Waals surface area contributed by atoms with E-state index in [2.05, 4.69) is 5.32 Å². The summed E-state index contributed by atoms with van der Waals surface area (Å²) in [5.74, 6) is -0.685. The van der Waals surface area contributed by atoms with Crippen molar-refractivity contribution in [3.05, 3.63) is 59.7 Å². The van der Waals surface area contributed by atoms with Gasteiger partial charge in [-0.05, 0) is 42.5 Å². The molecule has 0 aromatic heterocycles. The van der Waals surface area contributed by atoms with E-state index in [-0.39, 0.29) is 11.5 Å². The maximum atomic E-state index is 12.0. The number of carboxylic acids is 1. The van der Waals surface area contributed by atoms with Crippen LogP contribution in [0.3, 0.4) is 0 Å². The van der Waals surface area contributed by atoms with Gasteiger partial charge in [-0.1, -0.05) is 6.07 Å². The van der Waals surface area contributed by atoms with Gasteiger partial charge in [0.05, 0.1) is 12.7 Å². The highest BCUT2D eigenvalue weighted by atomic mass is 16.5. The van der Waals surface area contributed by atoms with Gasteiger partial charge in [0.25, 0.3) is 5.91 Å². The van der Waals surface area contributed by atoms with Crippen molar-refractivity contribution in [3.63, 3.8) is 0 Å². The molecule has 0 saturated heterocycles. The molecule has 20 heavy (non-hydrogen) atoms. The lowest BCUT2D eigenvalue weighted by Crippen LogP contribution is -2.12. The molecule has 2 N–H and O–H groups in total. The molecular formula is C15H13NO4. The zero-order chi connectivity index (χ0) is 14.5. The SMILES string of the molecule is COc1ccc(C(=O)Nc2cccc(C(=O)O)c2)cc1. The number of rotatable bonds is 4. The third kappa shape index (κ3) is 3.14. The summed E-state index contributed by atoms with van der Waals surface area (Å²) < 4.78 is 5.01. The summed E-state index contributed by atoms with van der Waals surface area (Å²) in [5, 5.41) is 11.5. The highest BCUT2D eigenvalue weighted by Crippen LogP contribution is 2.15. The van der Waals surface area contributed by atoms with Crippen LogP contribution >= 0.6 is 0 Å². The molecule has 0 fully saturated rings. The number of carboxylic acid groups (broad SMARTS) is 1. The highest BCUT2D eigenvalue weighted by Gasteiger charge is 2.08. The van der Waals surface area contributed by atoms with E-state index in [4.69, 9.17) is 9.84 Å². The van der Waals surface area contributed by atoms with Crippen LogP contribution in [-0.4, -0.2) is 24.1 Å². The fourth-order valence-corrected chi connectivity index (χ4v) is 1.68. The largest absolute Gasteiger partial charge is 0.497 e. The van der Waals surface area contributed by atoms with Gasteiger partial charge in [0.2, 0.25) is 0 Å². The molecule has 0 aliphatic carbocycles. The molecule has 0 radical (unpaired) electrons. The van der Waals surface area contributed by atoms with Crippen LogP contribution in [-0.2, 0) is 0 Å². The maximum absolute atomic E-state index is 12.0. The molecule has 2 rings (SSSR count). The number of nitrogens with one attached hydrogen (secondary N) is 1. The predicted octanol–water partition coefficient (Wildman–Crippen LogP) is 2.65. The number of ether oxygens (including phenoxy) is 1. The van der Waals surface area contributed by atoms with Gasteiger partial charge in [-0.15, -0.1) is 0 Å². The summed E-state index contributed by atoms with van der Waals surface area (Å²) in [4.78, 5) is 22.8. The minimum atomic E-state index is -1.04. The molecule has 0 heterocycles. The van der Waals surface area contributed by atoms with Gasteiger partial charge in [-0.2, -0.15) is 0 Å². The van der Waals surface area contributed by atoms with Crippen molar-refractivity contribution in [2.45, 2.75) is 0 Å². The van der Waals surface area contributed by atoms with Crippen molar-refractivity contribution >= 4 is 17.6 Å². The number of amides is 1. The summed E-state index contributed by atoms with van der Waals surface area (Å²) in [5.41, 5.74) is 1.02. The third-order valence-corrected chi connectivity index (χ3v) is 2.72. The van der Waals surface area contributed by atoms with Crippen LogP contribution in [0.1, 0.15) is 20.7 Å². The predicted molar refractivity (Wildman–Crippen MR) is 74.3 cm³/mol. The van der Waals surface area contributed by atoms with Gasteiger partial charge >= 0.3 is 5.97 Å². The molecule has 1 amide bonds. The Morgan fingerprint density at radius 3 is 2.35 bits per heavy atom. The van der Waals surface area contributed by atoms with Gasteiger partial charge in [0.1, 0.15) is 5.75 Å². The zero-order valence-electron chi connectivity index (χ0n) is 10.8. The first kappa shape index (κ1) is 13.6. The first-order valence-electron chi connectivity index (χ1n) is 5.89. The number of aromatic carboxylic acids is 1. The van der Waals surface area contributed by atoms with Crippen LogP contribution in [0.5, 0.6) is 5.75 Å². The number of carbonyl (C=O) groups excluding carboxylic acids is 1. The monoisotopic (exact) mass is 271 g/mol. The summed E-state index contributed by atoms with van der Waals surface area (Å²) in [7, 11) is 1.55. The van der Waals surface area contributed by atoms with E-state index in [0.29, 0.717) is 17.0 Å². The molecule has 2 aromatic carbocycles. The molecule has 5 nitrogen and oxygen atoms in total. The number of carbonyl (C=O) groups is 2. The van der Waals surface area contributed by atoms with Crippen LogP contribution in [0.4, 0.5) is 5.69 Å². The summed E-state index contributed by atoms with van der Waals surface area (Å²) in [6, 6.07) is 12.7. The molecule has 0 aliphatic rings. The Balaban J connectivity index is 2.14. The van der Waals surface area contributed by atoms with Gasteiger partial charge in [-0.3, -0.25) is 4.79 Å². The van der Waals surface area contributed by atoms with E-state index >= 15 is 0 Å². The van der Waals surface area contributed by atoms with Gasteiger partial charge in [0, 0.05) is 11.3 Å². The molecule has 0 spiro atoms. The molecule has 0 saturated carbocycles. The fourth-order valence-electron chi connectivity index (χ4n) is 1.68. The van der Waals surface area contributed by atoms with Crippen LogP contribution in [0, 0.1) is 0 Å². The Morgan fingerprint density at radius 1 is 1.05 bits per heavy atom. The Hall–Kier alpha value is -2.82. The summed E-state index contributed by atoms with van der Waals surface area (Å²) in [6.45, 7) is 0. The molecule has 0 aliphatic heterocycles.